The third-order valence-corrected chi connectivity index (χ3v) is 4.34. The summed E-state index contributed by atoms with van der Waals surface area (Å²) in [5.41, 5.74) is 2.10. The number of nitriles is 1. The second-order valence-electron chi connectivity index (χ2n) is 6.65. The van der Waals surface area contributed by atoms with Crippen LogP contribution < -0.4 is 0 Å². The predicted molar refractivity (Wildman–Crippen MR) is 103 cm³/mol. The van der Waals surface area contributed by atoms with E-state index in [4.69, 9.17) is 4.74 Å². The Bertz CT molecular complexity index is 928. The van der Waals surface area contributed by atoms with Crippen molar-refractivity contribution in [1.29, 1.82) is 5.26 Å². The highest BCUT2D eigenvalue weighted by molar-refractivity contribution is 6.01. The quantitative estimate of drug-likeness (QED) is 0.421. The number of nitrogens with zero attached hydrogens (tertiary/aromatic N) is 3. The maximum absolute atomic E-state index is 13.0. The molecule has 0 N–H and O–H groups in total. The summed E-state index contributed by atoms with van der Waals surface area (Å²) >= 11 is 0. The first kappa shape index (κ1) is 19.3. The van der Waals surface area contributed by atoms with E-state index in [0.717, 1.165) is 18.4 Å². The van der Waals surface area contributed by atoms with Gasteiger partial charge in [-0.25, -0.2) is 4.98 Å². The van der Waals surface area contributed by atoms with Crippen LogP contribution in [0.25, 0.3) is 6.08 Å². The molecule has 0 atom stereocenters. The highest BCUT2D eigenvalue weighted by Crippen LogP contribution is 2.30. The lowest BCUT2D eigenvalue weighted by Gasteiger charge is -2.22. The van der Waals surface area contributed by atoms with Crippen molar-refractivity contribution in [2.24, 2.45) is 0 Å². The van der Waals surface area contributed by atoms with Gasteiger partial charge in [0.25, 0.3) is 5.91 Å². The van der Waals surface area contributed by atoms with E-state index in [1.54, 1.807) is 23.1 Å². The van der Waals surface area contributed by atoms with E-state index >= 15 is 0 Å². The summed E-state index contributed by atoms with van der Waals surface area (Å²) in [6.07, 6.45) is 3.39. The molecule has 1 amide bonds. The van der Waals surface area contributed by atoms with Crippen molar-refractivity contribution in [3.05, 3.63) is 71.1 Å². The molecular formula is C22H21N3O3. The van der Waals surface area contributed by atoms with Crippen LogP contribution in [0.5, 0.6) is 0 Å². The van der Waals surface area contributed by atoms with Crippen molar-refractivity contribution in [1.82, 2.24) is 9.88 Å². The number of esters is 1. The number of amides is 1. The topological polar surface area (TPSA) is 83.3 Å². The Hall–Kier alpha value is -3.46. The van der Waals surface area contributed by atoms with Gasteiger partial charge in [0.1, 0.15) is 18.2 Å². The number of ether oxygens (including phenoxy) is 1. The fourth-order valence-corrected chi connectivity index (χ4v) is 2.81. The Balaban J connectivity index is 1.79. The van der Waals surface area contributed by atoms with Crippen LogP contribution in [0.3, 0.4) is 0 Å². The van der Waals surface area contributed by atoms with E-state index in [1.807, 2.05) is 36.4 Å². The van der Waals surface area contributed by atoms with Crippen molar-refractivity contribution in [3.8, 4) is 6.07 Å². The highest BCUT2D eigenvalue weighted by Gasteiger charge is 2.34. The van der Waals surface area contributed by atoms with Crippen LogP contribution in [0.15, 0.2) is 54.1 Å². The van der Waals surface area contributed by atoms with E-state index in [2.05, 4.69) is 4.98 Å². The van der Waals surface area contributed by atoms with Crippen LogP contribution in [0, 0.1) is 11.3 Å². The minimum absolute atomic E-state index is 0.0416. The van der Waals surface area contributed by atoms with Gasteiger partial charge < -0.3 is 9.64 Å². The zero-order chi connectivity index (χ0) is 19.9. The standard InChI is InChI=1S/C22H21N3O3/c1-16(26)28-15-20-9-5-8-19(24-20)12-18(13-23)22(27)25(21-10-11-21)14-17-6-3-2-4-7-17/h2-9,12,21H,10-11,14-15H2,1H3/b18-12+. The minimum Gasteiger partial charge on any atom is -0.459 e. The van der Waals surface area contributed by atoms with Gasteiger partial charge in [-0.05, 0) is 36.6 Å². The molecule has 6 heteroatoms. The summed E-state index contributed by atoms with van der Waals surface area (Å²) in [7, 11) is 0. The van der Waals surface area contributed by atoms with Crippen LogP contribution in [-0.2, 0) is 27.5 Å². The molecule has 1 aromatic heterocycles. The Kier molecular flexibility index (Phi) is 6.18. The molecule has 1 aliphatic rings. The SMILES string of the molecule is CC(=O)OCc1cccc(/C=C(\C#N)C(=O)N(Cc2ccccc2)C2CC2)n1. The second kappa shape index (κ2) is 8.96. The number of pyridine rings is 1. The molecule has 0 unspecified atom stereocenters. The zero-order valence-electron chi connectivity index (χ0n) is 15.7. The molecule has 142 valence electrons. The largest absolute Gasteiger partial charge is 0.459 e. The first-order valence-electron chi connectivity index (χ1n) is 9.13. The lowest BCUT2D eigenvalue weighted by molar-refractivity contribution is -0.142. The average molecular weight is 375 g/mol. The average Bonchev–Trinajstić information content (AvgIpc) is 3.54. The van der Waals surface area contributed by atoms with Crippen LogP contribution in [0.1, 0.15) is 36.7 Å². The number of rotatable bonds is 7. The van der Waals surface area contributed by atoms with Gasteiger partial charge in [0.15, 0.2) is 0 Å². The van der Waals surface area contributed by atoms with Crippen molar-refractivity contribution >= 4 is 18.0 Å². The van der Waals surface area contributed by atoms with Crippen LogP contribution in [0.2, 0.25) is 0 Å². The number of aromatic nitrogens is 1. The third-order valence-electron chi connectivity index (χ3n) is 4.34. The predicted octanol–water partition coefficient (Wildman–Crippen LogP) is 3.24. The number of benzene rings is 1. The molecule has 1 heterocycles. The summed E-state index contributed by atoms with van der Waals surface area (Å²) in [4.78, 5) is 30.1. The zero-order valence-corrected chi connectivity index (χ0v) is 15.7. The Morgan fingerprint density at radius 2 is 1.96 bits per heavy atom. The maximum Gasteiger partial charge on any atom is 0.303 e. The Labute approximate surface area is 164 Å². The van der Waals surface area contributed by atoms with Crippen molar-refractivity contribution < 1.29 is 14.3 Å². The third kappa shape index (κ3) is 5.27. The molecule has 0 radical (unpaired) electrons. The van der Waals surface area contributed by atoms with Crippen molar-refractivity contribution in [2.75, 3.05) is 0 Å². The Morgan fingerprint density at radius 3 is 2.61 bits per heavy atom. The molecule has 2 aromatic rings. The van der Waals surface area contributed by atoms with Gasteiger partial charge in [0.05, 0.1) is 11.4 Å². The summed E-state index contributed by atoms with van der Waals surface area (Å²) in [6, 6.07) is 17.1. The fourth-order valence-electron chi connectivity index (χ4n) is 2.81. The van der Waals surface area contributed by atoms with Crippen LogP contribution in [-0.4, -0.2) is 27.8 Å². The first-order chi connectivity index (χ1) is 13.6. The van der Waals surface area contributed by atoms with Gasteiger partial charge in [0, 0.05) is 19.5 Å². The van der Waals surface area contributed by atoms with Gasteiger partial charge in [-0.1, -0.05) is 36.4 Å². The monoisotopic (exact) mass is 375 g/mol. The van der Waals surface area contributed by atoms with Crippen LogP contribution in [0.4, 0.5) is 0 Å². The molecule has 6 nitrogen and oxygen atoms in total. The van der Waals surface area contributed by atoms with E-state index in [-0.39, 0.29) is 24.1 Å². The number of carbonyl (C=O) groups excluding carboxylic acids is 2. The molecule has 0 saturated heterocycles. The van der Waals surface area contributed by atoms with Crippen molar-refractivity contribution in [3.63, 3.8) is 0 Å². The summed E-state index contributed by atoms with van der Waals surface area (Å²) in [5.74, 6) is -0.683. The van der Waals surface area contributed by atoms with Gasteiger partial charge in [-0.15, -0.1) is 0 Å². The summed E-state index contributed by atoms with van der Waals surface area (Å²) in [5, 5.41) is 9.56. The smallest absolute Gasteiger partial charge is 0.303 e. The summed E-state index contributed by atoms with van der Waals surface area (Å²) < 4.78 is 4.94. The molecular weight excluding hydrogens is 354 g/mol. The van der Waals surface area contributed by atoms with Gasteiger partial charge in [0.2, 0.25) is 0 Å². The number of hydrogen-bond donors (Lipinski definition) is 0. The van der Waals surface area contributed by atoms with E-state index in [9.17, 15) is 14.9 Å². The van der Waals surface area contributed by atoms with Gasteiger partial charge >= 0.3 is 5.97 Å². The minimum atomic E-state index is -0.392. The molecule has 1 fully saturated rings. The number of hydrogen-bond acceptors (Lipinski definition) is 5. The molecule has 1 saturated carbocycles. The first-order valence-corrected chi connectivity index (χ1v) is 9.13. The Morgan fingerprint density at radius 1 is 1.21 bits per heavy atom. The fraction of sp³-hybridized carbons (Fsp3) is 0.273. The molecule has 1 aromatic carbocycles. The molecule has 1 aliphatic carbocycles. The van der Waals surface area contributed by atoms with Crippen LogP contribution >= 0.6 is 0 Å². The highest BCUT2D eigenvalue weighted by atomic mass is 16.5. The van der Waals surface area contributed by atoms with E-state index in [0.29, 0.717) is 17.9 Å². The normalized spacial score (nSPS) is 13.5. The molecule has 0 spiro atoms. The lowest BCUT2D eigenvalue weighted by atomic mass is 10.1. The second-order valence-corrected chi connectivity index (χ2v) is 6.65. The molecule has 0 aliphatic heterocycles. The molecule has 28 heavy (non-hydrogen) atoms. The molecule has 0 bridgehead atoms. The van der Waals surface area contributed by atoms with Gasteiger partial charge in [-0.2, -0.15) is 5.26 Å². The van der Waals surface area contributed by atoms with Crippen molar-refractivity contribution in [2.45, 2.75) is 39.0 Å². The van der Waals surface area contributed by atoms with E-state index in [1.165, 1.54) is 13.0 Å². The maximum atomic E-state index is 13.0. The molecule has 3 rings (SSSR count). The summed E-state index contributed by atoms with van der Waals surface area (Å²) in [6.45, 7) is 1.85. The number of carbonyl (C=O) groups is 2. The van der Waals surface area contributed by atoms with Gasteiger partial charge in [-0.3, -0.25) is 9.59 Å². The lowest BCUT2D eigenvalue weighted by Crippen LogP contribution is -2.33. The van der Waals surface area contributed by atoms with E-state index < -0.39 is 5.97 Å².